The number of fused-ring (bicyclic) bond motifs is 1. The van der Waals surface area contributed by atoms with Crippen LogP contribution in [0.4, 0.5) is 8.78 Å². The lowest BCUT2D eigenvalue weighted by Crippen LogP contribution is -2.53. The molecule has 0 aromatic heterocycles. The van der Waals surface area contributed by atoms with Gasteiger partial charge >= 0.3 is 0 Å². The number of benzene rings is 2. The van der Waals surface area contributed by atoms with E-state index in [1.807, 2.05) is 0 Å². The van der Waals surface area contributed by atoms with E-state index in [2.05, 4.69) is 10.9 Å². The predicted octanol–water partition coefficient (Wildman–Crippen LogP) is 1.95. The molecule has 3 unspecified atom stereocenters. The van der Waals surface area contributed by atoms with Crippen molar-refractivity contribution >= 4 is 15.7 Å². The van der Waals surface area contributed by atoms with Gasteiger partial charge in [-0.05, 0) is 23.8 Å². The summed E-state index contributed by atoms with van der Waals surface area (Å²) in [5.41, 5.74) is 7.25. The second kappa shape index (κ2) is 8.18. The summed E-state index contributed by atoms with van der Waals surface area (Å²) in [5.74, 6) is -1.84. The van der Waals surface area contributed by atoms with Crippen molar-refractivity contribution < 1.29 is 26.7 Å². The molecule has 0 aliphatic carbocycles. The number of nitrogens with one attached hydrogen (secondary N) is 2. The van der Waals surface area contributed by atoms with Gasteiger partial charge in [-0.25, -0.2) is 22.6 Å². The maximum absolute atomic E-state index is 14.2. The summed E-state index contributed by atoms with van der Waals surface area (Å²) >= 11 is 0. The number of ether oxygens (including phenoxy) is 1. The van der Waals surface area contributed by atoms with E-state index in [4.69, 9.17) is 4.74 Å². The van der Waals surface area contributed by atoms with Crippen molar-refractivity contribution in [3.63, 3.8) is 0 Å². The van der Waals surface area contributed by atoms with Crippen LogP contribution in [-0.2, 0) is 20.4 Å². The summed E-state index contributed by atoms with van der Waals surface area (Å²) in [4.78, 5) is 14.1. The quantitative estimate of drug-likeness (QED) is 0.723. The molecule has 166 valence electrons. The molecule has 1 amide bonds. The van der Waals surface area contributed by atoms with Crippen LogP contribution in [0.25, 0.3) is 0 Å². The topological polar surface area (TPSA) is 87.7 Å². The maximum atomic E-state index is 14.2. The standard InChI is InChI=1S/C21H23F2N3O4S/c1-26-10-16(15-9-24-25-20(15)21(26)27)14-7-12(11-31(2,28)29)3-5-18(14)30-19-6-4-13(22)8-17(19)23/h3-8,15-16,20,24-25H,9-11H2,1-2H3. The molecule has 2 N–H and O–H groups in total. The van der Waals surface area contributed by atoms with E-state index < -0.39 is 27.5 Å². The molecule has 31 heavy (non-hydrogen) atoms. The van der Waals surface area contributed by atoms with Crippen molar-refractivity contribution in [2.45, 2.75) is 17.7 Å². The normalized spacial score (nSPS) is 23.7. The number of carbonyl (C=O) groups is 1. The number of likely N-dealkylation sites (N-methyl/N-ethyl adjacent to an activating group) is 1. The van der Waals surface area contributed by atoms with Gasteiger partial charge in [-0.1, -0.05) is 12.1 Å². The third kappa shape index (κ3) is 4.56. The van der Waals surface area contributed by atoms with E-state index in [0.29, 0.717) is 30.0 Å². The lowest BCUT2D eigenvalue weighted by atomic mass is 9.78. The first kappa shape index (κ1) is 21.7. The summed E-state index contributed by atoms with van der Waals surface area (Å²) in [6, 6.07) is 7.56. The Bertz CT molecular complexity index is 1130. The van der Waals surface area contributed by atoms with Crippen molar-refractivity contribution in [1.82, 2.24) is 15.8 Å². The monoisotopic (exact) mass is 451 g/mol. The van der Waals surface area contributed by atoms with Crippen LogP contribution in [0.2, 0.25) is 0 Å². The van der Waals surface area contributed by atoms with Gasteiger partial charge in [0.25, 0.3) is 0 Å². The van der Waals surface area contributed by atoms with E-state index in [1.165, 1.54) is 6.07 Å². The van der Waals surface area contributed by atoms with Crippen molar-refractivity contribution in [2.75, 3.05) is 26.4 Å². The summed E-state index contributed by atoms with van der Waals surface area (Å²) in [6.07, 6.45) is 1.15. The number of sulfone groups is 1. The van der Waals surface area contributed by atoms with E-state index in [-0.39, 0.29) is 29.2 Å². The number of hydrogen-bond donors (Lipinski definition) is 2. The van der Waals surface area contributed by atoms with Crippen LogP contribution in [0.1, 0.15) is 17.0 Å². The summed E-state index contributed by atoms with van der Waals surface area (Å²) < 4.78 is 57.0. The Hall–Kier alpha value is -2.56. The summed E-state index contributed by atoms with van der Waals surface area (Å²) in [5, 5.41) is 0. The fourth-order valence-corrected chi connectivity index (χ4v) is 5.05. The van der Waals surface area contributed by atoms with Gasteiger partial charge in [-0.2, -0.15) is 0 Å². The highest BCUT2D eigenvalue weighted by atomic mass is 32.2. The minimum atomic E-state index is -3.28. The van der Waals surface area contributed by atoms with Crippen LogP contribution in [0.3, 0.4) is 0 Å². The molecule has 7 nitrogen and oxygen atoms in total. The number of likely N-dealkylation sites (tertiary alicyclic amines) is 1. The van der Waals surface area contributed by atoms with Crippen LogP contribution < -0.4 is 15.6 Å². The number of nitrogens with zero attached hydrogens (tertiary/aromatic N) is 1. The average molecular weight is 451 g/mol. The number of rotatable bonds is 5. The number of amides is 1. The van der Waals surface area contributed by atoms with Gasteiger partial charge < -0.3 is 9.64 Å². The zero-order valence-electron chi connectivity index (χ0n) is 17.1. The molecular formula is C21H23F2N3O4S. The van der Waals surface area contributed by atoms with Crippen molar-refractivity contribution in [3.05, 3.63) is 59.2 Å². The lowest BCUT2D eigenvalue weighted by molar-refractivity contribution is -0.136. The first-order valence-corrected chi connectivity index (χ1v) is 11.9. The molecule has 0 saturated carbocycles. The Labute approximate surface area is 179 Å². The fraction of sp³-hybridized carbons (Fsp3) is 0.381. The van der Waals surface area contributed by atoms with Gasteiger partial charge in [0, 0.05) is 49.9 Å². The smallest absolute Gasteiger partial charge is 0.241 e. The lowest BCUT2D eigenvalue weighted by Gasteiger charge is -2.38. The number of carbonyl (C=O) groups excluding carboxylic acids is 1. The molecule has 2 aliphatic rings. The third-order valence-electron chi connectivity index (χ3n) is 5.67. The summed E-state index contributed by atoms with van der Waals surface area (Å²) in [7, 11) is -1.58. The molecule has 2 heterocycles. The molecule has 2 fully saturated rings. The van der Waals surface area contributed by atoms with E-state index in [0.717, 1.165) is 18.4 Å². The Morgan fingerprint density at radius 1 is 1.16 bits per heavy atom. The van der Waals surface area contributed by atoms with Crippen molar-refractivity contribution in [1.29, 1.82) is 0 Å². The van der Waals surface area contributed by atoms with Gasteiger partial charge in [0.2, 0.25) is 5.91 Å². The molecule has 2 aromatic carbocycles. The van der Waals surface area contributed by atoms with E-state index in [1.54, 1.807) is 30.1 Å². The Morgan fingerprint density at radius 2 is 1.90 bits per heavy atom. The largest absolute Gasteiger partial charge is 0.454 e. The second-order valence-electron chi connectivity index (χ2n) is 8.11. The van der Waals surface area contributed by atoms with Gasteiger partial charge in [0.15, 0.2) is 21.4 Å². The van der Waals surface area contributed by atoms with E-state index in [9.17, 15) is 22.0 Å². The maximum Gasteiger partial charge on any atom is 0.241 e. The minimum absolute atomic E-state index is 0.0365. The molecule has 10 heteroatoms. The zero-order chi connectivity index (χ0) is 22.3. The number of hydrazine groups is 1. The SMILES string of the molecule is CN1CC(c2cc(CS(C)(=O)=O)ccc2Oc2ccc(F)cc2F)C2CNNC2C1=O. The van der Waals surface area contributed by atoms with E-state index >= 15 is 0 Å². The Kier molecular flexibility index (Phi) is 5.71. The second-order valence-corrected chi connectivity index (χ2v) is 10.3. The first-order chi connectivity index (χ1) is 14.6. The van der Waals surface area contributed by atoms with Crippen LogP contribution >= 0.6 is 0 Å². The number of hydrogen-bond acceptors (Lipinski definition) is 6. The average Bonchev–Trinajstić information content (AvgIpc) is 3.17. The highest BCUT2D eigenvalue weighted by Crippen LogP contribution is 2.41. The van der Waals surface area contributed by atoms with Gasteiger partial charge in [-0.15, -0.1) is 0 Å². The highest BCUT2D eigenvalue weighted by Gasteiger charge is 2.45. The minimum Gasteiger partial charge on any atom is -0.454 e. The zero-order valence-corrected chi connectivity index (χ0v) is 17.9. The predicted molar refractivity (Wildman–Crippen MR) is 110 cm³/mol. The molecular weight excluding hydrogens is 428 g/mol. The highest BCUT2D eigenvalue weighted by molar-refractivity contribution is 7.89. The number of piperidine rings is 1. The van der Waals surface area contributed by atoms with Gasteiger partial charge in [-0.3, -0.25) is 10.2 Å². The van der Waals surface area contributed by atoms with Crippen LogP contribution in [0.15, 0.2) is 36.4 Å². The molecule has 2 saturated heterocycles. The first-order valence-electron chi connectivity index (χ1n) is 9.79. The molecule has 2 aromatic rings. The Morgan fingerprint density at radius 3 is 2.61 bits per heavy atom. The van der Waals surface area contributed by atoms with Crippen LogP contribution in [0, 0.1) is 17.6 Å². The fourth-order valence-electron chi connectivity index (χ4n) is 4.27. The molecule has 3 atom stereocenters. The Balaban J connectivity index is 1.77. The van der Waals surface area contributed by atoms with Crippen molar-refractivity contribution in [3.8, 4) is 11.5 Å². The van der Waals surface area contributed by atoms with Gasteiger partial charge in [0.1, 0.15) is 17.6 Å². The third-order valence-corrected chi connectivity index (χ3v) is 6.53. The van der Waals surface area contributed by atoms with Gasteiger partial charge in [0.05, 0.1) is 5.75 Å². The molecule has 0 bridgehead atoms. The van der Waals surface area contributed by atoms with Crippen molar-refractivity contribution in [2.24, 2.45) is 5.92 Å². The summed E-state index contributed by atoms with van der Waals surface area (Å²) in [6.45, 7) is 0.934. The molecule has 4 rings (SSSR count). The molecule has 2 aliphatic heterocycles. The van der Waals surface area contributed by atoms with Crippen LogP contribution in [-0.4, -0.2) is 51.7 Å². The van der Waals surface area contributed by atoms with Crippen LogP contribution in [0.5, 0.6) is 11.5 Å². The molecule has 0 radical (unpaired) electrons. The number of halogens is 2. The molecule has 0 spiro atoms.